The van der Waals surface area contributed by atoms with E-state index in [-0.39, 0.29) is 43.0 Å². The second kappa shape index (κ2) is 12.4. The molecule has 0 bridgehead atoms. The van der Waals surface area contributed by atoms with Crippen molar-refractivity contribution in [2.45, 2.75) is 4.90 Å². The molecule has 0 spiro atoms. The van der Waals surface area contributed by atoms with Gasteiger partial charge in [-0.1, -0.05) is 12.1 Å². The fraction of sp³-hybridized carbons (Fsp3) is 0.240. The van der Waals surface area contributed by atoms with E-state index in [2.05, 4.69) is 25.0 Å². The largest absolute Gasteiger partial charge is 0.497 e. The molecule has 12 nitrogen and oxygen atoms in total. The number of hydrogen-bond acceptors (Lipinski definition) is 11. The number of aromatic nitrogens is 3. The van der Waals surface area contributed by atoms with Crippen LogP contribution in [0.5, 0.6) is 17.2 Å². The molecule has 2 aromatic carbocycles. The predicted octanol–water partition coefficient (Wildman–Crippen LogP) is 2.97. The van der Waals surface area contributed by atoms with Gasteiger partial charge in [0, 0.05) is 24.5 Å². The maximum atomic E-state index is 13.1. The van der Waals surface area contributed by atoms with Crippen molar-refractivity contribution in [3.05, 3.63) is 60.9 Å². The van der Waals surface area contributed by atoms with Crippen molar-refractivity contribution in [2.75, 3.05) is 50.7 Å². The Kier molecular flexibility index (Phi) is 8.73. The summed E-state index contributed by atoms with van der Waals surface area (Å²) in [5, 5.41) is 12.0. The van der Waals surface area contributed by atoms with Crippen molar-refractivity contribution in [1.29, 1.82) is 0 Å². The number of aliphatic hydroxyl groups excluding tert-OH is 1. The molecule has 2 aromatic heterocycles. The average molecular weight is 542 g/mol. The summed E-state index contributed by atoms with van der Waals surface area (Å²) in [6.07, 6.45) is 2.72. The van der Waals surface area contributed by atoms with E-state index in [0.29, 0.717) is 34.0 Å². The van der Waals surface area contributed by atoms with Crippen molar-refractivity contribution >= 4 is 38.4 Å². The van der Waals surface area contributed by atoms with Crippen LogP contribution in [-0.4, -0.2) is 69.1 Å². The van der Waals surface area contributed by atoms with Gasteiger partial charge in [0.05, 0.1) is 50.8 Å². The maximum absolute atomic E-state index is 13.1. The molecule has 0 atom stereocenters. The quantitative estimate of drug-likeness (QED) is 0.214. The summed E-state index contributed by atoms with van der Waals surface area (Å²) in [5.41, 5.74) is 1.41. The number of rotatable bonds is 13. The first-order valence-electron chi connectivity index (χ1n) is 11.5. The number of ether oxygens (including phenoxy) is 4. The summed E-state index contributed by atoms with van der Waals surface area (Å²) < 4.78 is 50.8. The average Bonchev–Trinajstić information content (AvgIpc) is 2.93. The molecule has 38 heavy (non-hydrogen) atoms. The van der Waals surface area contributed by atoms with Gasteiger partial charge in [0.1, 0.15) is 17.3 Å². The molecule has 3 N–H and O–H groups in total. The highest BCUT2D eigenvalue weighted by Crippen LogP contribution is 2.41. The highest BCUT2D eigenvalue weighted by atomic mass is 32.2. The molecule has 0 aliphatic rings. The molecule has 0 radical (unpaired) electrons. The number of benzene rings is 2. The second-order valence-electron chi connectivity index (χ2n) is 7.72. The van der Waals surface area contributed by atoms with Crippen LogP contribution < -0.4 is 24.2 Å². The lowest BCUT2D eigenvalue weighted by Gasteiger charge is -2.19. The minimum Gasteiger partial charge on any atom is -0.497 e. The Hall–Kier alpha value is -4.20. The van der Waals surface area contributed by atoms with E-state index in [1.165, 1.54) is 38.7 Å². The fourth-order valence-corrected chi connectivity index (χ4v) is 4.41. The van der Waals surface area contributed by atoms with Crippen LogP contribution in [0, 0.1) is 0 Å². The van der Waals surface area contributed by atoms with E-state index in [1.807, 2.05) is 0 Å². The number of hydrogen-bond donors (Lipinski definition) is 3. The van der Waals surface area contributed by atoms with Crippen LogP contribution in [0.4, 0.5) is 17.3 Å². The molecule has 2 heterocycles. The van der Waals surface area contributed by atoms with Crippen molar-refractivity contribution in [3.8, 4) is 17.2 Å². The predicted molar refractivity (Wildman–Crippen MR) is 141 cm³/mol. The van der Waals surface area contributed by atoms with Gasteiger partial charge in [0.2, 0.25) is 0 Å². The Morgan fingerprint density at radius 3 is 2.34 bits per heavy atom. The Morgan fingerprint density at radius 2 is 1.68 bits per heavy atom. The number of pyridine rings is 1. The van der Waals surface area contributed by atoms with Crippen molar-refractivity contribution in [3.63, 3.8) is 0 Å². The minimum absolute atomic E-state index is 0.0316. The molecule has 0 unspecified atom stereocenters. The Morgan fingerprint density at radius 1 is 0.921 bits per heavy atom. The van der Waals surface area contributed by atoms with E-state index in [4.69, 9.17) is 24.1 Å². The Labute approximate surface area is 219 Å². The van der Waals surface area contributed by atoms with Gasteiger partial charge in [-0.25, -0.2) is 18.4 Å². The molecule has 0 saturated heterocycles. The van der Waals surface area contributed by atoms with Gasteiger partial charge in [-0.15, -0.1) is 0 Å². The topological polar surface area (TPSA) is 154 Å². The monoisotopic (exact) mass is 541 g/mol. The van der Waals surface area contributed by atoms with Crippen LogP contribution in [0.3, 0.4) is 0 Å². The first-order chi connectivity index (χ1) is 18.4. The van der Waals surface area contributed by atoms with Gasteiger partial charge in [0.25, 0.3) is 10.0 Å². The molecule has 0 aliphatic carbocycles. The highest BCUT2D eigenvalue weighted by molar-refractivity contribution is 7.92. The normalized spacial score (nSPS) is 11.2. The number of aliphatic hydroxyl groups is 1. The Bertz CT molecular complexity index is 1490. The SMILES string of the molecule is COc1cc(Nc2nc3ccccc3nc2NS(=O)(=O)c2cccnc2)c(OCCOCCO)c(OC)c1. The molecule has 0 aliphatic heterocycles. The lowest BCUT2D eigenvalue weighted by atomic mass is 10.2. The van der Waals surface area contributed by atoms with Gasteiger partial charge in [-0.2, -0.15) is 0 Å². The van der Waals surface area contributed by atoms with Crippen molar-refractivity contribution in [1.82, 2.24) is 15.0 Å². The number of nitrogens with zero attached hydrogens (tertiary/aromatic N) is 3. The second-order valence-corrected chi connectivity index (χ2v) is 9.40. The Balaban J connectivity index is 1.76. The third-order valence-electron chi connectivity index (χ3n) is 5.19. The third-order valence-corrected chi connectivity index (χ3v) is 6.52. The third kappa shape index (κ3) is 6.37. The van der Waals surface area contributed by atoms with Crippen LogP contribution in [0.15, 0.2) is 65.8 Å². The van der Waals surface area contributed by atoms with E-state index in [9.17, 15) is 8.42 Å². The number of nitrogens with one attached hydrogen (secondary N) is 2. The molecular weight excluding hydrogens is 514 g/mol. The van der Waals surface area contributed by atoms with Crippen LogP contribution in [0.25, 0.3) is 11.0 Å². The van der Waals surface area contributed by atoms with Gasteiger partial charge < -0.3 is 29.4 Å². The van der Waals surface area contributed by atoms with E-state index < -0.39 is 10.0 Å². The smallest absolute Gasteiger partial charge is 0.264 e. The first kappa shape index (κ1) is 26.9. The lowest BCUT2D eigenvalue weighted by Crippen LogP contribution is -2.16. The van der Waals surface area contributed by atoms with Crippen LogP contribution in [0.1, 0.15) is 0 Å². The molecule has 200 valence electrons. The fourth-order valence-electron chi connectivity index (χ4n) is 3.44. The number of methoxy groups -OCH3 is 2. The van der Waals surface area contributed by atoms with E-state index in [0.717, 1.165) is 0 Å². The molecule has 4 aromatic rings. The number of fused-ring (bicyclic) bond motifs is 1. The number of sulfonamides is 1. The molecule has 4 rings (SSSR count). The summed E-state index contributed by atoms with van der Waals surface area (Å²) in [6, 6.07) is 13.3. The summed E-state index contributed by atoms with van der Waals surface area (Å²) in [5.74, 6) is 1.22. The van der Waals surface area contributed by atoms with Crippen LogP contribution in [-0.2, 0) is 14.8 Å². The van der Waals surface area contributed by atoms with E-state index in [1.54, 1.807) is 36.4 Å². The van der Waals surface area contributed by atoms with Crippen LogP contribution >= 0.6 is 0 Å². The maximum Gasteiger partial charge on any atom is 0.264 e. The molecule has 0 saturated carbocycles. The zero-order valence-electron chi connectivity index (χ0n) is 20.7. The minimum atomic E-state index is -4.03. The summed E-state index contributed by atoms with van der Waals surface area (Å²) in [6.45, 7) is 0.459. The van der Waals surface area contributed by atoms with Crippen molar-refractivity contribution < 1.29 is 32.5 Å². The van der Waals surface area contributed by atoms with Gasteiger partial charge in [-0.05, 0) is 24.3 Å². The molecule has 0 fully saturated rings. The van der Waals surface area contributed by atoms with Crippen LogP contribution in [0.2, 0.25) is 0 Å². The van der Waals surface area contributed by atoms with Gasteiger partial charge in [-0.3, -0.25) is 9.71 Å². The molecule has 13 heteroatoms. The molecular formula is C25H27N5O7S. The number of anilines is 3. The summed E-state index contributed by atoms with van der Waals surface area (Å²) >= 11 is 0. The van der Waals surface area contributed by atoms with E-state index >= 15 is 0 Å². The van der Waals surface area contributed by atoms with Gasteiger partial charge in [0.15, 0.2) is 23.1 Å². The summed E-state index contributed by atoms with van der Waals surface area (Å²) in [7, 11) is -1.04. The highest BCUT2D eigenvalue weighted by Gasteiger charge is 2.21. The molecule has 0 amide bonds. The zero-order valence-corrected chi connectivity index (χ0v) is 21.6. The van der Waals surface area contributed by atoms with Gasteiger partial charge >= 0.3 is 0 Å². The lowest BCUT2D eigenvalue weighted by molar-refractivity contribution is 0.0700. The zero-order chi connectivity index (χ0) is 27.0. The summed E-state index contributed by atoms with van der Waals surface area (Å²) in [4.78, 5) is 13.0. The first-order valence-corrected chi connectivity index (χ1v) is 13.0. The van der Waals surface area contributed by atoms with Crippen molar-refractivity contribution in [2.24, 2.45) is 0 Å². The standard InChI is InChI=1S/C25H27N5O7S/c1-34-17-14-21(23(22(15-17)35-2)37-13-12-36-11-10-31)29-24-25(28-20-8-4-3-7-19(20)27-24)30-38(32,33)18-6-5-9-26-16-18/h3-9,14-16,31H,10-13H2,1-2H3,(H,27,29)(H,28,30). The number of para-hydroxylation sites is 2.